The van der Waals surface area contributed by atoms with Crippen LogP contribution in [0.5, 0.6) is 5.75 Å². The van der Waals surface area contributed by atoms with Crippen molar-refractivity contribution in [2.45, 2.75) is 37.6 Å². The predicted molar refractivity (Wildman–Crippen MR) is 158 cm³/mol. The first-order valence-electron chi connectivity index (χ1n) is 14.0. The number of pyridine rings is 1. The Balaban J connectivity index is 1.56. The van der Waals surface area contributed by atoms with Crippen LogP contribution in [0.3, 0.4) is 0 Å². The van der Waals surface area contributed by atoms with E-state index in [2.05, 4.69) is 10.1 Å². The highest BCUT2D eigenvalue weighted by Crippen LogP contribution is 2.52. The molecule has 12 heteroatoms. The van der Waals surface area contributed by atoms with Gasteiger partial charge in [0.1, 0.15) is 17.2 Å². The molecule has 1 unspecified atom stereocenters. The summed E-state index contributed by atoms with van der Waals surface area (Å²) >= 11 is 6.24. The summed E-state index contributed by atoms with van der Waals surface area (Å²) in [6.07, 6.45) is 5.64. The average molecular weight is 620 g/mol. The molecule has 1 aliphatic heterocycles. The van der Waals surface area contributed by atoms with Crippen molar-refractivity contribution in [3.63, 3.8) is 0 Å². The molecule has 44 heavy (non-hydrogen) atoms. The lowest BCUT2D eigenvalue weighted by Gasteiger charge is -2.40. The van der Waals surface area contributed by atoms with Crippen LogP contribution in [-0.2, 0) is 34.4 Å². The number of hydrogen-bond acceptors (Lipinski definition) is 7. The number of primary amides is 1. The maximum Gasteiger partial charge on any atom is 0.257 e. The van der Waals surface area contributed by atoms with Gasteiger partial charge >= 0.3 is 0 Å². The Hall–Kier alpha value is -4.32. The third-order valence-electron chi connectivity index (χ3n) is 8.64. The number of carbonyl (C=O) groups is 2. The fourth-order valence-electron chi connectivity index (χ4n) is 5.70. The molecule has 0 radical (unpaired) electrons. The number of nitrogens with two attached hydrogens (primary N) is 1. The highest BCUT2D eigenvalue weighted by molar-refractivity contribution is 6.30. The lowest BCUT2D eigenvalue weighted by atomic mass is 9.85. The zero-order chi connectivity index (χ0) is 31.4. The van der Waals surface area contributed by atoms with E-state index in [1.165, 1.54) is 48.1 Å². The Kier molecular flexibility index (Phi) is 7.22. The van der Waals surface area contributed by atoms with E-state index in [0.29, 0.717) is 40.4 Å². The highest BCUT2D eigenvalue weighted by Gasteiger charge is 2.58. The summed E-state index contributed by atoms with van der Waals surface area (Å²) in [6.45, 7) is 1.27. The minimum absolute atomic E-state index is 0.00320. The standard InChI is InChI=1S/C32H31ClFN5O5/c1-30(42,21-14-37-38(2)16-21)20-12-25-27(26(34)13-20)32(19-4-6-22(33)7-5-19,44-18-31(10-11-31)29(35)41)39(28(25)40)17-23-8-9-24(43-3)15-36-23/h4-9,12-16,42H,10-11,17-18H2,1-3H3,(H2,35,41)/t30?,32-/m1/s1. The van der Waals surface area contributed by atoms with Crippen molar-refractivity contribution in [3.8, 4) is 5.75 Å². The Labute approximate surface area is 258 Å². The number of aromatic nitrogens is 3. The minimum Gasteiger partial charge on any atom is -0.495 e. The molecule has 0 spiro atoms. The van der Waals surface area contributed by atoms with Crippen molar-refractivity contribution < 1.29 is 28.6 Å². The quantitative estimate of drug-likeness (QED) is 0.274. The maximum atomic E-state index is 16.7. The van der Waals surface area contributed by atoms with E-state index in [1.54, 1.807) is 49.6 Å². The van der Waals surface area contributed by atoms with Gasteiger partial charge in [-0.2, -0.15) is 5.10 Å². The van der Waals surface area contributed by atoms with Gasteiger partial charge in [-0.15, -0.1) is 0 Å². The molecule has 3 N–H and O–H groups in total. The smallest absolute Gasteiger partial charge is 0.257 e. The molecular weight excluding hydrogens is 589 g/mol. The molecule has 1 aliphatic carbocycles. The summed E-state index contributed by atoms with van der Waals surface area (Å²) in [5.41, 5.74) is 2.70. The number of nitrogens with zero attached hydrogens (tertiary/aromatic N) is 4. The van der Waals surface area contributed by atoms with Gasteiger partial charge in [0.2, 0.25) is 5.91 Å². The summed E-state index contributed by atoms with van der Waals surface area (Å²) in [5.74, 6) is -1.34. The van der Waals surface area contributed by atoms with Gasteiger partial charge in [0.25, 0.3) is 5.91 Å². The Morgan fingerprint density at radius 1 is 1.16 bits per heavy atom. The van der Waals surface area contributed by atoms with Crippen molar-refractivity contribution in [1.29, 1.82) is 0 Å². The number of halogens is 2. The molecular formula is C32H31ClFN5O5. The summed E-state index contributed by atoms with van der Waals surface area (Å²) < 4.78 is 30.1. The second-order valence-electron chi connectivity index (χ2n) is 11.5. The summed E-state index contributed by atoms with van der Waals surface area (Å²) in [4.78, 5) is 32.7. The van der Waals surface area contributed by atoms with E-state index >= 15 is 4.39 Å². The van der Waals surface area contributed by atoms with E-state index < -0.39 is 34.4 Å². The van der Waals surface area contributed by atoms with Gasteiger partial charge in [0.05, 0.1) is 54.9 Å². The number of hydrogen-bond donors (Lipinski definition) is 2. The summed E-state index contributed by atoms with van der Waals surface area (Å²) in [5, 5.41) is 16.1. The van der Waals surface area contributed by atoms with Gasteiger partial charge in [-0.3, -0.25) is 24.2 Å². The molecule has 2 aliphatic rings. The predicted octanol–water partition coefficient (Wildman–Crippen LogP) is 4.01. The third kappa shape index (κ3) is 4.81. The molecule has 1 saturated carbocycles. The number of benzene rings is 2. The lowest BCUT2D eigenvalue weighted by molar-refractivity contribution is -0.142. The Morgan fingerprint density at radius 2 is 1.89 bits per heavy atom. The van der Waals surface area contributed by atoms with E-state index in [1.807, 2.05) is 0 Å². The van der Waals surface area contributed by atoms with Gasteiger partial charge in [0.15, 0.2) is 5.72 Å². The minimum atomic E-state index is -1.83. The van der Waals surface area contributed by atoms with Crippen LogP contribution in [0.25, 0.3) is 0 Å². The molecule has 1 fully saturated rings. The summed E-state index contributed by atoms with van der Waals surface area (Å²) in [6, 6.07) is 12.6. The number of amides is 2. The topological polar surface area (TPSA) is 133 Å². The first kappa shape index (κ1) is 29.7. The zero-order valence-electron chi connectivity index (χ0n) is 24.4. The zero-order valence-corrected chi connectivity index (χ0v) is 25.1. The molecule has 2 amide bonds. The Morgan fingerprint density at radius 3 is 2.45 bits per heavy atom. The Bertz CT molecular complexity index is 1750. The average Bonchev–Trinajstić information content (AvgIpc) is 3.61. The second-order valence-corrected chi connectivity index (χ2v) is 12.0. The molecule has 228 valence electrons. The van der Waals surface area contributed by atoms with Crippen LogP contribution in [-0.4, -0.2) is 50.3 Å². The molecule has 0 bridgehead atoms. The molecule has 3 heterocycles. The maximum absolute atomic E-state index is 16.7. The highest BCUT2D eigenvalue weighted by atomic mass is 35.5. The van der Waals surface area contributed by atoms with Crippen LogP contribution < -0.4 is 10.5 Å². The number of fused-ring (bicyclic) bond motifs is 1. The van der Waals surface area contributed by atoms with Crippen LogP contribution in [0, 0.1) is 11.2 Å². The number of aliphatic hydroxyl groups is 1. The molecule has 4 aromatic rings. The van der Waals surface area contributed by atoms with Crippen molar-refractivity contribution >= 4 is 23.4 Å². The first-order chi connectivity index (χ1) is 20.9. The molecule has 2 aromatic carbocycles. The fraction of sp³-hybridized carbons (Fsp3) is 0.312. The molecule has 10 nitrogen and oxygen atoms in total. The normalized spacial score (nSPS) is 19.9. The van der Waals surface area contributed by atoms with E-state index in [-0.39, 0.29) is 29.8 Å². The van der Waals surface area contributed by atoms with Gasteiger partial charge in [-0.1, -0.05) is 23.7 Å². The van der Waals surface area contributed by atoms with Crippen molar-refractivity contribution in [3.05, 3.63) is 111 Å². The number of ether oxygens (including phenoxy) is 2. The summed E-state index contributed by atoms with van der Waals surface area (Å²) in [7, 11) is 3.22. The van der Waals surface area contributed by atoms with Gasteiger partial charge in [-0.25, -0.2) is 4.39 Å². The van der Waals surface area contributed by atoms with Crippen LogP contribution in [0.4, 0.5) is 4.39 Å². The number of rotatable bonds is 10. The molecule has 2 aromatic heterocycles. The number of carbonyl (C=O) groups excluding carboxylic acids is 2. The molecule has 2 atom stereocenters. The number of aryl methyl sites for hydroxylation is 1. The van der Waals surface area contributed by atoms with Gasteiger partial charge in [-0.05, 0) is 61.7 Å². The van der Waals surface area contributed by atoms with Gasteiger partial charge in [0, 0.05) is 29.4 Å². The first-order valence-corrected chi connectivity index (χ1v) is 14.4. The molecule has 0 saturated heterocycles. The number of methoxy groups -OCH3 is 1. The van der Waals surface area contributed by atoms with Crippen LogP contribution in [0.1, 0.15) is 58.1 Å². The third-order valence-corrected chi connectivity index (χ3v) is 8.89. The van der Waals surface area contributed by atoms with E-state index in [4.69, 9.17) is 26.8 Å². The van der Waals surface area contributed by atoms with Crippen molar-refractivity contribution in [2.75, 3.05) is 13.7 Å². The fourth-order valence-corrected chi connectivity index (χ4v) is 5.82. The van der Waals surface area contributed by atoms with E-state index in [9.17, 15) is 14.7 Å². The lowest BCUT2D eigenvalue weighted by Crippen LogP contribution is -2.48. The van der Waals surface area contributed by atoms with Crippen LogP contribution in [0.2, 0.25) is 5.02 Å². The monoisotopic (exact) mass is 619 g/mol. The van der Waals surface area contributed by atoms with Crippen LogP contribution in [0.15, 0.2) is 67.1 Å². The largest absolute Gasteiger partial charge is 0.495 e. The second kappa shape index (κ2) is 10.7. The van der Waals surface area contributed by atoms with Crippen LogP contribution >= 0.6 is 11.6 Å². The van der Waals surface area contributed by atoms with Crippen molar-refractivity contribution in [1.82, 2.24) is 19.7 Å². The molecule has 6 rings (SSSR count). The SMILES string of the molecule is COc1ccc(CN2C(=O)c3cc(C(C)(O)c4cnn(C)c4)cc(F)c3[C@]2(OCC2(C(N)=O)CC2)c2ccc(Cl)cc2)nc1. The van der Waals surface area contributed by atoms with E-state index in [0.717, 1.165) is 0 Å². The van der Waals surface area contributed by atoms with Gasteiger partial charge < -0.3 is 20.3 Å². The van der Waals surface area contributed by atoms with Crippen molar-refractivity contribution in [2.24, 2.45) is 18.2 Å².